The zero-order valence-electron chi connectivity index (χ0n) is 9.88. The fourth-order valence-corrected chi connectivity index (χ4v) is 2.79. The van der Waals surface area contributed by atoms with Gasteiger partial charge in [-0.2, -0.15) is 0 Å². The predicted molar refractivity (Wildman–Crippen MR) is 79.1 cm³/mol. The third kappa shape index (κ3) is 3.30. The first kappa shape index (κ1) is 14.8. The maximum absolute atomic E-state index is 11.0. The summed E-state index contributed by atoms with van der Waals surface area (Å²) in [5.74, 6) is 0. The Morgan fingerprint density at radius 1 is 1.10 bits per heavy atom. The van der Waals surface area contributed by atoms with Gasteiger partial charge >= 0.3 is 0 Å². The summed E-state index contributed by atoms with van der Waals surface area (Å²) < 4.78 is 0. The molecule has 0 radical (unpaired) electrons. The Bertz CT molecular complexity index is 691. The van der Waals surface area contributed by atoms with Crippen LogP contribution in [0.2, 0.25) is 10.0 Å². The summed E-state index contributed by atoms with van der Waals surface area (Å²) in [7, 11) is 0. The molecule has 102 valence electrons. The second-order valence-electron chi connectivity index (χ2n) is 3.78. The number of aldehydes is 1. The van der Waals surface area contributed by atoms with Gasteiger partial charge in [0, 0.05) is 27.5 Å². The maximum Gasteiger partial charge on any atom is 0.270 e. The number of benzene rings is 2. The summed E-state index contributed by atoms with van der Waals surface area (Å²) in [6, 6.07) is 9.21. The highest BCUT2D eigenvalue weighted by Gasteiger charge is 2.11. The molecule has 2 aromatic rings. The van der Waals surface area contributed by atoms with E-state index in [1.165, 1.54) is 30.0 Å². The van der Waals surface area contributed by atoms with Gasteiger partial charge in [0.2, 0.25) is 0 Å². The summed E-state index contributed by atoms with van der Waals surface area (Å²) in [6.07, 6.45) is 0.590. The van der Waals surface area contributed by atoms with Gasteiger partial charge in [0.05, 0.1) is 15.0 Å². The first-order valence-corrected chi connectivity index (χ1v) is 6.95. The second kappa shape index (κ2) is 6.26. The molecular weight excluding hydrogens is 321 g/mol. The molecule has 7 heteroatoms. The van der Waals surface area contributed by atoms with Gasteiger partial charge in [-0.1, -0.05) is 35.0 Å². The summed E-state index contributed by atoms with van der Waals surface area (Å²) in [5, 5.41) is 11.5. The zero-order valence-corrected chi connectivity index (χ0v) is 12.2. The predicted octanol–water partition coefficient (Wildman–Crippen LogP) is 4.87. The van der Waals surface area contributed by atoms with Crippen molar-refractivity contribution in [1.29, 1.82) is 0 Å². The van der Waals surface area contributed by atoms with Crippen molar-refractivity contribution < 1.29 is 9.72 Å². The van der Waals surface area contributed by atoms with Crippen molar-refractivity contribution in [3.63, 3.8) is 0 Å². The number of nitro groups is 1. The number of nitrogens with zero attached hydrogens (tertiary/aromatic N) is 1. The number of carbonyl (C=O) groups excluding carboxylic acids is 1. The minimum atomic E-state index is -0.541. The van der Waals surface area contributed by atoms with Crippen LogP contribution in [-0.2, 0) is 0 Å². The lowest BCUT2D eigenvalue weighted by atomic mass is 10.2. The van der Waals surface area contributed by atoms with Crippen LogP contribution in [0.4, 0.5) is 5.69 Å². The van der Waals surface area contributed by atoms with Gasteiger partial charge < -0.3 is 0 Å². The van der Waals surface area contributed by atoms with Crippen LogP contribution in [0, 0.1) is 10.1 Å². The minimum Gasteiger partial charge on any atom is -0.298 e. The largest absolute Gasteiger partial charge is 0.298 e. The van der Waals surface area contributed by atoms with Gasteiger partial charge in [-0.3, -0.25) is 14.9 Å². The van der Waals surface area contributed by atoms with E-state index in [1.807, 2.05) is 0 Å². The Labute approximate surface area is 128 Å². The SMILES string of the molecule is O=Cc1cc([N+](=O)[O-])ccc1Sc1ccc(Cl)c(Cl)c1. The van der Waals surface area contributed by atoms with Crippen LogP contribution in [0.3, 0.4) is 0 Å². The average Bonchev–Trinajstić information content (AvgIpc) is 2.43. The lowest BCUT2D eigenvalue weighted by Crippen LogP contribution is -1.92. The highest BCUT2D eigenvalue weighted by Crippen LogP contribution is 2.34. The normalized spacial score (nSPS) is 10.3. The van der Waals surface area contributed by atoms with E-state index in [0.717, 1.165) is 4.90 Å². The molecule has 0 saturated carbocycles. The van der Waals surface area contributed by atoms with E-state index in [4.69, 9.17) is 23.2 Å². The summed E-state index contributed by atoms with van der Waals surface area (Å²) in [4.78, 5) is 22.6. The Morgan fingerprint density at radius 2 is 1.85 bits per heavy atom. The first-order valence-electron chi connectivity index (χ1n) is 5.38. The summed E-state index contributed by atoms with van der Waals surface area (Å²) in [5.41, 5.74) is 0.140. The van der Waals surface area contributed by atoms with E-state index < -0.39 is 4.92 Å². The van der Waals surface area contributed by atoms with Crippen LogP contribution >= 0.6 is 35.0 Å². The lowest BCUT2D eigenvalue weighted by Gasteiger charge is -2.05. The molecule has 2 rings (SSSR count). The first-order chi connectivity index (χ1) is 9.51. The van der Waals surface area contributed by atoms with E-state index in [9.17, 15) is 14.9 Å². The van der Waals surface area contributed by atoms with Crippen LogP contribution in [-0.4, -0.2) is 11.2 Å². The molecule has 0 aromatic heterocycles. The number of rotatable bonds is 4. The number of hydrogen-bond donors (Lipinski definition) is 0. The van der Waals surface area contributed by atoms with Crippen LogP contribution in [0.25, 0.3) is 0 Å². The Hall–Kier alpha value is -1.56. The molecule has 0 amide bonds. The van der Waals surface area contributed by atoms with Crippen molar-refractivity contribution in [3.8, 4) is 0 Å². The second-order valence-corrected chi connectivity index (χ2v) is 5.70. The molecule has 2 aromatic carbocycles. The van der Waals surface area contributed by atoms with E-state index in [2.05, 4.69) is 0 Å². The van der Waals surface area contributed by atoms with Crippen molar-refractivity contribution in [3.05, 3.63) is 62.1 Å². The van der Waals surface area contributed by atoms with Crippen LogP contribution in [0.5, 0.6) is 0 Å². The molecule has 0 spiro atoms. The van der Waals surface area contributed by atoms with E-state index >= 15 is 0 Å². The smallest absolute Gasteiger partial charge is 0.270 e. The Morgan fingerprint density at radius 3 is 2.45 bits per heavy atom. The molecule has 0 aliphatic heterocycles. The highest BCUT2D eigenvalue weighted by atomic mass is 35.5. The number of nitro benzene ring substituents is 1. The van der Waals surface area contributed by atoms with Crippen molar-refractivity contribution in [2.45, 2.75) is 9.79 Å². The molecule has 0 saturated heterocycles. The van der Waals surface area contributed by atoms with Gasteiger partial charge in [-0.05, 0) is 24.3 Å². The van der Waals surface area contributed by atoms with Crippen molar-refractivity contribution in [1.82, 2.24) is 0 Å². The van der Waals surface area contributed by atoms with Gasteiger partial charge in [0.1, 0.15) is 0 Å². The van der Waals surface area contributed by atoms with E-state index in [-0.39, 0.29) is 11.3 Å². The van der Waals surface area contributed by atoms with Crippen molar-refractivity contribution in [2.24, 2.45) is 0 Å². The third-order valence-corrected chi connectivity index (χ3v) is 4.27. The van der Waals surface area contributed by atoms with Crippen LogP contribution in [0.1, 0.15) is 10.4 Å². The molecule has 4 nitrogen and oxygen atoms in total. The highest BCUT2D eigenvalue weighted by molar-refractivity contribution is 7.99. The molecule has 20 heavy (non-hydrogen) atoms. The summed E-state index contributed by atoms with van der Waals surface area (Å²) >= 11 is 13.0. The van der Waals surface area contributed by atoms with Gasteiger partial charge in [0.15, 0.2) is 6.29 Å². The van der Waals surface area contributed by atoms with Gasteiger partial charge in [-0.25, -0.2) is 0 Å². The van der Waals surface area contributed by atoms with E-state index in [0.29, 0.717) is 21.2 Å². The molecule has 0 fully saturated rings. The maximum atomic E-state index is 11.0. The molecule has 0 unspecified atom stereocenters. The molecule has 0 bridgehead atoms. The fraction of sp³-hybridized carbons (Fsp3) is 0. The molecule has 0 atom stereocenters. The van der Waals surface area contributed by atoms with Crippen molar-refractivity contribution in [2.75, 3.05) is 0 Å². The molecule has 0 heterocycles. The zero-order chi connectivity index (χ0) is 14.7. The van der Waals surface area contributed by atoms with Crippen LogP contribution in [0.15, 0.2) is 46.2 Å². The summed E-state index contributed by atoms with van der Waals surface area (Å²) in [6.45, 7) is 0. The standard InChI is InChI=1S/C13H7Cl2NO3S/c14-11-3-2-10(6-12(11)15)20-13-4-1-9(16(18)19)5-8(13)7-17/h1-7H. The minimum absolute atomic E-state index is 0.120. The van der Waals surface area contributed by atoms with Crippen LogP contribution < -0.4 is 0 Å². The molecular formula is C13H7Cl2NO3S. The average molecular weight is 328 g/mol. The Balaban J connectivity index is 2.35. The van der Waals surface area contributed by atoms with Crippen molar-refractivity contribution >= 4 is 46.9 Å². The fourth-order valence-electron chi connectivity index (χ4n) is 1.50. The monoisotopic (exact) mass is 327 g/mol. The Kier molecular flexibility index (Phi) is 4.65. The molecule has 0 aliphatic rings. The molecule has 0 aliphatic carbocycles. The number of halogens is 2. The van der Waals surface area contributed by atoms with Gasteiger partial charge in [-0.15, -0.1) is 0 Å². The third-order valence-electron chi connectivity index (χ3n) is 2.45. The number of non-ortho nitro benzene ring substituents is 1. The lowest BCUT2D eigenvalue weighted by molar-refractivity contribution is -0.384. The van der Waals surface area contributed by atoms with E-state index in [1.54, 1.807) is 18.2 Å². The number of carbonyl (C=O) groups is 1. The van der Waals surface area contributed by atoms with Gasteiger partial charge in [0.25, 0.3) is 5.69 Å². The topological polar surface area (TPSA) is 60.2 Å². The number of hydrogen-bond acceptors (Lipinski definition) is 4. The quantitative estimate of drug-likeness (QED) is 0.456. The molecule has 0 N–H and O–H groups in total.